The second kappa shape index (κ2) is 14.5. The Balaban J connectivity index is 1.51. The SMILES string of the molecule is Cc1c(COc2ccc(CN=CCC(CO)C(=O)O)c(OCc3cccc(C#N)c3)c2)cccc1-c1ccccc1. The Morgan fingerprint density at radius 1 is 0.951 bits per heavy atom. The number of carbonyl (C=O) groups is 1. The smallest absolute Gasteiger partial charge is 0.309 e. The molecule has 1 atom stereocenters. The average Bonchev–Trinajstić information content (AvgIpc) is 3.00. The van der Waals surface area contributed by atoms with Crippen molar-refractivity contribution in [2.45, 2.75) is 33.1 Å². The number of aliphatic imine (C=N–C) groups is 1. The van der Waals surface area contributed by atoms with Crippen molar-refractivity contribution in [3.63, 3.8) is 0 Å². The summed E-state index contributed by atoms with van der Waals surface area (Å²) in [5.41, 5.74) is 6.75. The highest BCUT2D eigenvalue weighted by Crippen LogP contribution is 2.29. The third-order valence-corrected chi connectivity index (χ3v) is 6.76. The Labute approximate surface area is 240 Å². The van der Waals surface area contributed by atoms with Gasteiger partial charge in [0.25, 0.3) is 0 Å². The lowest BCUT2D eigenvalue weighted by molar-refractivity contribution is -0.142. The maximum atomic E-state index is 11.2. The molecule has 7 heteroatoms. The number of rotatable bonds is 13. The van der Waals surface area contributed by atoms with Crippen LogP contribution in [0.2, 0.25) is 0 Å². The fourth-order valence-electron chi connectivity index (χ4n) is 4.33. The van der Waals surface area contributed by atoms with E-state index in [0.717, 1.165) is 33.4 Å². The Kier molecular flexibility index (Phi) is 10.2. The van der Waals surface area contributed by atoms with E-state index in [2.05, 4.69) is 42.3 Å². The Bertz CT molecular complexity index is 1540. The summed E-state index contributed by atoms with van der Waals surface area (Å²) in [6.07, 6.45) is 1.65. The summed E-state index contributed by atoms with van der Waals surface area (Å²) < 4.78 is 12.3. The van der Waals surface area contributed by atoms with Crippen LogP contribution in [0.1, 0.15) is 34.2 Å². The first kappa shape index (κ1) is 29.1. The van der Waals surface area contributed by atoms with Gasteiger partial charge in [-0.05, 0) is 65.4 Å². The maximum absolute atomic E-state index is 11.2. The van der Waals surface area contributed by atoms with Gasteiger partial charge in [0.2, 0.25) is 0 Å². The molecule has 1 unspecified atom stereocenters. The number of nitriles is 1. The highest BCUT2D eigenvalue weighted by molar-refractivity contribution is 5.74. The van der Waals surface area contributed by atoms with Crippen molar-refractivity contribution in [2.24, 2.45) is 10.9 Å². The summed E-state index contributed by atoms with van der Waals surface area (Å²) in [5, 5.41) is 27.6. The lowest BCUT2D eigenvalue weighted by Crippen LogP contribution is -2.17. The van der Waals surface area contributed by atoms with Gasteiger partial charge >= 0.3 is 5.97 Å². The van der Waals surface area contributed by atoms with E-state index in [4.69, 9.17) is 14.6 Å². The number of aliphatic hydroxyl groups is 1. The molecule has 4 aromatic rings. The molecule has 41 heavy (non-hydrogen) atoms. The van der Waals surface area contributed by atoms with E-state index in [1.165, 1.54) is 6.21 Å². The predicted molar refractivity (Wildman–Crippen MR) is 158 cm³/mol. The van der Waals surface area contributed by atoms with Crippen molar-refractivity contribution in [2.75, 3.05) is 6.61 Å². The number of carboxylic acid groups (broad SMARTS) is 1. The molecule has 0 aliphatic heterocycles. The normalized spacial score (nSPS) is 11.6. The van der Waals surface area contributed by atoms with Crippen molar-refractivity contribution < 1.29 is 24.5 Å². The topological polar surface area (TPSA) is 112 Å². The van der Waals surface area contributed by atoms with Gasteiger partial charge in [-0.3, -0.25) is 9.79 Å². The lowest BCUT2D eigenvalue weighted by atomic mass is 9.97. The Hall–Kier alpha value is -4.93. The molecule has 0 fully saturated rings. The molecular formula is C34H32N2O5. The van der Waals surface area contributed by atoms with Gasteiger partial charge in [0.15, 0.2) is 0 Å². The highest BCUT2D eigenvalue weighted by atomic mass is 16.5. The van der Waals surface area contributed by atoms with Crippen LogP contribution in [0, 0.1) is 24.2 Å². The molecule has 0 spiro atoms. The van der Waals surface area contributed by atoms with E-state index in [1.54, 1.807) is 12.1 Å². The van der Waals surface area contributed by atoms with Crippen molar-refractivity contribution in [1.29, 1.82) is 5.26 Å². The zero-order valence-corrected chi connectivity index (χ0v) is 22.9. The molecule has 4 rings (SSSR count). The third-order valence-electron chi connectivity index (χ3n) is 6.76. The molecule has 0 amide bonds. The first-order chi connectivity index (χ1) is 20.0. The van der Waals surface area contributed by atoms with E-state index in [1.807, 2.05) is 54.6 Å². The Morgan fingerprint density at radius 3 is 2.51 bits per heavy atom. The molecule has 0 saturated heterocycles. The van der Waals surface area contributed by atoms with E-state index < -0.39 is 18.5 Å². The second-order valence-corrected chi connectivity index (χ2v) is 9.59. The van der Waals surface area contributed by atoms with Crippen LogP contribution in [0.4, 0.5) is 0 Å². The number of carboxylic acids is 1. The fourth-order valence-corrected chi connectivity index (χ4v) is 4.33. The number of ether oxygens (including phenoxy) is 2. The highest BCUT2D eigenvalue weighted by Gasteiger charge is 2.14. The van der Waals surface area contributed by atoms with Crippen molar-refractivity contribution in [1.82, 2.24) is 0 Å². The van der Waals surface area contributed by atoms with Crippen LogP contribution in [0.3, 0.4) is 0 Å². The molecule has 0 saturated carbocycles. The first-order valence-electron chi connectivity index (χ1n) is 13.3. The van der Waals surface area contributed by atoms with Crippen molar-refractivity contribution >= 4 is 12.2 Å². The average molecular weight is 549 g/mol. The quantitative estimate of drug-likeness (QED) is 0.188. The van der Waals surface area contributed by atoms with Gasteiger partial charge in [0, 0.05) is 17.8 Å². The molecule has 2 N–H and O–H groups in total. The molecule has 4 aromatic carbocycles. The molecule has 208 valence electrons. The summed E-state index contributed by atoms with van der Waals surface area (Å²) >= 11 is 0. The molecule has 7 nitrogen and oxygen atoms in total. The summed E-state index contributed by atoms with van der Waals surface area (Å²) in [6, 6.07) is 31.4. The van der Waals surface area contributed by atoms with Crippen LogP contribution in [0.5, 0.6) is 11.5 Å². The summed E-state index contributed by atoms with van der Waals surface area (Å²) in [6.45, 7) is 2.55. The molecule has 0 radical (unpaired) electrons. The maximum Gasteiger partial charge on any atom is 0.309 e. The van der Waals surface area contributed by atoms with Gasteiger partial charge in [-0.15, -0.1) is 0 Å². The van der Waals surface area contributed by atoms with Crippen LogP contribution >= 0.6 is 0 Å². The minimum absolute atomic E-state index is 0.131. The number of hydrogen-bond acceptors (Lipinski definition) is 6. The molecule has 0 bridgehead atoms. The van der Waals surface area contributed by atoms with Gasteiger partial charge in [0.05, 0.1) is 30.7 Å². The van der Waals surface area contributed by atoms with Crippen LogP contribution < -0.4 is 9.47 Å². The van der Waals surface area contributed by atoms with Crippen LogP contribution in [-0.2, 0) is 24.6 Å². The molecule has 0 aliphatic carbocycles. The number of nitrogens with zero attached hydrogens (tertiary/aromatic N) is 2. The van der Waals surface area contributed by atoms with E-state index in [-0.39, 0.29) is 19.6 Å². The molecular weight excluding hydrogens is 516 g/mol. The molecule has 0 heterocycles. The minimum atomic E-state index is -1.06. The largest absolute Gasteiger partial charge is 0.489 e. The number of hydrogen-bond donors (Lipinski definition) is 2. The first-order valence-corrected chi connectivity index (χ1v) is 13.3. The van der Waals surface area contributed by atoms with Crippen molar-refractivity contribution in [3.05, 3.63) is 119 Å². The van der Waals surface area contributed by atoms with Gasteiger partial charge < -0.3 is 19.7 Å². The number of benzene rings is 4. The summed E-state index contributed by atoms with van der Waals surface area (Å²) in [7, 11) is 0. The summed E-state index contributed by atoms with van der Waals surface area (Å²) in [5.74, 6) is -0.738. The number of aliphatic hydroxyl groups excluding tert-OH is 1. The Morgan fingerprint density at radius 2 is 1.76 bits per heavy atom. The van der Waals surface area contributed by atoms with E-state index in [0.29, 0.717) is 23.7 Å². The third kappa shape index (κ3) is 8.04. The minimum Gasteiger partial charge on any atom is -0.489 e. The van der Waals surface area contributed by atoms with Crippen LogP contribution in [0.15, 0.2) is 96.0 Å². The van der Waals surface area contributed by atoms with Gasteiger partial charge in [-0.2, -0.15) is 5.26 Å². The standard InChI is InChI=1S/C34H32N2O5/c1-24-30(11-6-12-32(24)27-9-3-2-4-10-27)23-40-31-14-13-28(20-36-16-15-29(21-37)34(38)39)33(18-31)41-22-26-8-5-7-25(17-26)19-35/h2-14,16-18,29,37H,15,20-23H2,1H3,(H,38,39). The monoisotopic (exact) mass is 548 g/mol. The van der Waals surface area contributed by atoms with Gasteiger partial charge in [0.1, 0.15) is 24.7 Å². The van der Waals surface area contributed by atoms with Gasteiger partial charge in [-0.25, -0.2) is 0 Å². The van der Waals surface area contributed by atoms with Gasteiger partial charge in [-0.1, -0.05) is 60.7 Å². The molecule has 0 aliphatic rings. The zero-order chi connectivity index (χ0) is 29.0. The molecule has 0 aromatic heterocycles. The van der Waals surface area contributed by atoms with E-state index in [9.17, 15) is 15.2 Å². The van der Waals surface area contributed by atoms with Crippen LogP contribution in [-0.4, -0.2) is 29.0 Å². The van der Waals surface area contributed by atoms with E-state index >= 15 is 0 Å². The predicted octanol–water partition coefficient (Wildman–Crippen LogP) is 6.35. The lowest BCUT2D eigenvalue weighted by Gasteiger charge is -2.15. The van der Waals surface area contributed by atoms with Crippen LogP contribution in [0.25, 0.3) is 11.1 Å². The summed E-state index contributed by atoms with van der Waals surface area (Å²) in [4.78, 5) is 15.5. The zero-order valence-electron chi connectivity index (χ0n) is 22.9. The second-order valence-electron chi connectivity index (χ2n) is 9.59. The number of aliphatic carboxylic acids is 1. The van der Waals surface area contributed by atoms with Crippen molar-refractivity contribution in [3.8, 4) is 28.7 Å². The fraction of sp³-hybridized carbons (Fsp3) is 0.206.